The number of nitrogens with two attached hydrogens (primary N) is 1. The average molecular weight is 212 g/mol. The lowest BCUT2D eigenvalue weighted by molar-refractivity contribution is 0.169. The van der Waals surface area contributed by atoms with Crippen LogP contribution in [0.25, 0.3) is 0 Å². The Hall–Kier alpha value is -0.990. The second-order valence-corrected chi connectivity index (χ2v) is 3.59. The van der Waals surface area contributed by atoms with Gasteiger partial charge in [-0.15, -0.1) is 6.58 Å². The van der Waals surface area contributed by atoms with Gasteiger partial charge in [0.05, 0.1) is 6.10 Å². The average Bonchev–Trinajstić information content (AvgIpc) is 2.14. The van der Waals surface area contributed by atoms with Gasteiger partial charge in [0.15, 0.2) is 0 Å². The molecule has 0 aromatic heterocycles. The third kappa shape index (κ3) is 2.76. The van der Waals surface area contributed by atoms with Gasteiger partial charge in [0, 0.05) is 16.3 Å². The van der Waals surface area contributed by atoms with E-state index in [0.717, 1.165) is 12.0 Å². The number of hydrogen-bond acceptors (Lipinski definition) is 2. The third-order valence-corrected chi connectivity index (χ3v) is 2.29. The van der Waals surface area contributed by atoms with Gasteiger partial charge in [-0.3, -0.25) is 0 Å². The Kier molecular flexibility index (Phi) is 3.98. The number of aliphatic hydroxyl groups excluding tert-OH is 1. The molecule has 0 aliphatic heterocycles. The van der Waals surface area contributed by atoms with Crippen molar-refractivity contribution in [2.45, 2.75) is 18.9 Å². The highest BCUT2D eigenvalue weighted by molar-refractivity contribution is 6.30. The van der Waals surface area contributed by atoms with Gasteiger partial charge in [-0.05, 0) is 25.0 Å². The van der Waals surface area contributed by atoms with Gasteiger partial charge in [-0.2, -0.15) is 0 Å². The first-order chi connectivity index (χ1) is 6.65. The van der Waals surface area contributed by atoms with Crippen LogP contribution in [-0.2, 0) is 0 Å². The quantitative estimate of drug-likeness (QED) is 0.594. The van der Waals surface area contributed by atoms with Crippen molar-refractivity contribution in [1.29, 1.82) is 0 Å². The lowest BCUT2D eigenvalue weighted by atomic mass is 10.0. The van der Waals surface area contributed by atoms with Gasteiger partial charge in [0.1, 0.15) is 0 Å². The van der Waals surface area contributed by atoms with Crippen molar-refractivity contribution in [2.75, 3.05) is 5.73 Å². The second-order valence-electron chi connectivity index (χ2n) is 3.16. The van der Waals surface area contributed by atoms with Crippen LogP contribution in [0.2, 0.25) is 5.02 Å². The number of benzene rings is 1. The predicted molar refractivity (Wildman–Crippen MR) is 60.3 cm³/mol. The number of nitrogen functional groups attached to an aromatic ring is 1. The topological polar surface area (TPSA) is 46.2 Å². The summed E-state index contributed by atoms with van der Waals surface area (Å²) in [5.74, 6) is 0. The number of hydrogen-bond donors (Lipinski definition) is 2. The molecule has 0 amide bonds. The zero-order valence-corrected chi connectivity index (χ0v) is 8.67. The molecule has 1 aromatic carbocycles. The lowest BCUT2D eigenvalue weighted by Crippen LogP contribution is -2.01. The van der Waals surface area contributed by atoms with Crippen LogP contribution < -0.4 is 5.73 Å². The number of halogens is 1. The molecule has 1 rings (SSSR count). The molecule has 0 aliphatic rings. The Balaban J connectivity index is 2.78. The molecule has 0 heterocycles. The number of allylic oxidation sites excluding steroid dienone is 1. The Morgan fingerprint density at radius 2 is 2.29 bits per heavy atom. The van der Waals surface area contributed by atoms with Gasteiger partial charge >= 0.3 is 0 Å². The van der Waals surface area contributed by atoms with Crippen LogP contribution in [0.5, 0.6) is 0 Å². The summed E-state index contributed by atoms with van der Waals surface area (Å²) >= 11 is 5.75. The monoisotopic (exact) mass is 211 g/mol. The molecule has 0 fully saturated rings. The summed E-state index contributed by atoms with van der Waals surface area (Å²) < 4.78 is 0. The van der Waals surface area contributed by atoms with Crippen LogP contribution in [-0.4, -0.2) is 5.11 Å². The summed E-state index contributed by atoms with van der Waals surface area (Å²) in [5.41, 5.74) is 6.99. The van der Waals surface area contributed by atoms with E-state index in [2.05, 4.69) is 6.58 Å². The van der Waals surface area contributed by atoms with Crippen LogP contribution in [0.15, 0.2) is 30.9 Å². The van der Waals surface area contributed by atoms with E-state index in [4.69, 9.17) is 17.3 Å². The van der Waals surface area contributed by atoms with Crippen molar-refractivity contribution in [1.82, 2.24) is 0 Å². The third-order valence-electron chi connectivity index (χ3n) is 2.05. The smallest absolute Gasteiger partial charge is 0.0812 e. The molecule has 0 bridgehead atoms. The molecular formula is C11H14ClNO. The van der Waals surface area contributed by atoms with Gasteiger partial charge in [0.2, 0.25) is 0 Å². The fourth-order valence-electron chi connectivity index (χ4n) is 1.28. The molecule has 1 aromatic rings. The molecule has 14 heavy (non-hydrogen) atoms. The predicted octanol–water partition coefficient (Wildman–Crippen LogP) is 2.92. The molecule has 0 saturated heterocycles. The van der Waals surface area contributed by atoms with Crippen LogP contribution in [0.3, 0.4) is 0 Å². The molecular weight excluding hydrogens is 198 g/mol. The molecule has 1 unspecified atom stereocenters. The van der Waals surface area contributed by atoms with Crippen LogP contribution >= 0.6 is 11.6 Å². The summed E-state index contributed by atoms with van der Waals surface area (Å²) in [6.45, 7) is 3.60. The van der Waals surface area contributed by atoms with Gasteiger partial charge in [-0.25, -0.2) is 0 Å². The molecule has 1 atom stereocenters. The lowest BCUT2D eigenvalue weighted by Gasteiger charge is -2.12. The molecule has 2 nitrogen and oxygen atoms in total. The standard InChI is InChI=1S/C11H14ClNO/c1-2-3-4-11(14)9-6-5-8(12)7-10(9)13/h2,5-7,11,14H,1,3-4,13H2. The normalized spacial score (nSPS) is 12.4. The van der Waals surface area contributed by atoms with Crippen molar-refractivity contribution < 1.29 is 5.11 Å². The highest BCUT2D eigenvalue weighted by Crippen LogP contribution is 2.26. The first kappa shape index (κ1) is 11.1. The Morgan fingerprint density at radius 3 is 2.86 bits per heavy atom. The van der Waals surface area contributed by atoms with E-state index < -0.39 is 6.10 Å². The summed E-state index contributed by atoms with van der Waals surface area (Å²) in [6, 6.07) is 5.13. The van der Waals surface area contributed by atoms with Gasteiger partial charge in [-0.1, -0.05) is 23.7 Å². The summed E-state index contributed by atoms with van der Waals surface area (Å²) in [5, 5.41) is 10.3. The molecule has 0 spiro atoms. The molecule has 3 heteroatoms. The Morgan fingerprint density at radius 1 is 1.57 bits per heavy atom. The van der Waals surface area contributed by atoms with E-state index in [1.54, 1.807) is 24.3 Å². The van der Waals surface area contributed by atoms with Gasteiger partial charge < -0.3 is 10.8 Å². The minimum absolute atomic E-state index is 0.536. The van der Waals surface area contributed by atoms with Crippen LogP contribution in [0.4, 0.5) is 5.69 Å². The van der Waals surface area contributed by atoms with E-state index >= 15 is 0 Å². The second kappa shape index (κ2) is 5.03. The SMILES string of the molecule is C=CCCC(O)c1ccc(Cl)cc1N. The first-order valence-corrected chi connectivity index (χ1v) is 4.87. The summed E-state index contributed by atoms with van der Waals surface area (Å²) in [7, 11) is 0. The zero-order chi connectivity index (χ0) is 10.6. The zero-order valence-electron chi connectivity index (χ0n) is 7.91. The molecule has 3 N–H and O–H groups in total. The highest BCUT2D eigenvalue weighted by atomic mass is 35.5. The first-order valence-electron chi connectivity index (χ1n) is 4.49. The largest absolute Gasteiger partial charge is 0.398 e. The van der Waals surface area contributed by atoms with Crippen molar-refractivity contribution in [3.63, 3.8) is 0 Å². The minimum atomic E-state index is -0.537. The van der Waals surface area contributed by atoms with E-state index in [0.29, 0.717) is 17.1 Å². The summed E-state index contributed by atoms with van der Waals surface area (Å²) in [4.78, 5) is 0. The maximum atomic E-state index is 9.75. The molecule has 0 radical (unpaired) electrons. The molecule has 0 aliphatic carbocycles. The number of rotatable bonds is 4. The minimum Gasteiger partial charge on any atom is -0.398 e. The van der Waals surface area contributed by atoms with E-state index in [1.807, 2.05) is 0 Å². The fraction of sp³-hybridized carbons (Fsp3) is 0.273. The fourth-order valence-corrected chi connectivity index (χ4v) is 1.46. The van der Waals surface area contributed by atoms with Gasteiger partial charge in [0.25, 0.3) is 0 Å². The van der Waals surface area contributed by atoms with E-state index in [9.17, 15) is 5.11 Å². The van der Waals surface area contributed by atoms with Crippen molar-refractivity contribution in [3.8, 4) is 0 Å². The molecule has 76 valence electrons. The maximum Gasteiger partial charge on any atom is 0.0812 e. The molecule has 0 saturated carbocycles. The maximum absolute atomic E-state index is 9.75. The highest BCUT2D eigenvalue weighted by Gasteiger charge is 2.09. The van der Waals surface area contributed by atoms with Crippen LogP contribution in [0, 0.1) is 0 Å². The Bertz CT molecular complexity index is 325. The van der Waals surface area contributed by atoms with Crippen LogP contribution in [0.1, 0.15) is 24.5 Å². The van der Waals surface area contributed by atoms with Crippen molar-refractivity contribution in [3.05, 3.63) is 41.4 Å². The van der Waals surface area contributed by atoms with E-state index in [1.165, 1.54) is 0 Å². The van der Waals surface area contributed by atoms with E-state index in [-0.39, 0.29) is 0 Å². The number of aliphatic hydroxyl groups is 1. The summed E-state index contributed by atoms with van der Waals surface area (Å²) in [6.07, 6.45) is 2.64. The van der Waals surface area contributed by atoms with Crippen molar-refractivity contribution >= 4 is 17.3 Å². The van der Waals surface area contributed by atoms with Crippen molar-refractivity contribution in [2.24, 2.45) is 0 Å². The number of anilines is 1. The Labute approximate surface area is 89.0 Å².